The van der Waals surface area contributed by atoms with Crippen LogP contribution in [0.2, 0.25) is 0 Å². The molecular formula is C18H34N3O5PS. The number of hydrogen-bond donors (Lipinski definition) is 3. The first-order valence-electron chi connectivity index (χ1n) is 9.70. The molecule has 1 aromatic carbocycles. The fourth-order valence-electron chi connectivity index (χ4n) is 2.93. The lowest BCUT2D eigenvalue weighted by Gasteiger charge is -2.29. The first-order chi connectivity index (χ1) is 13.1. The zero-order valence-corrected chi connectivity index (χ0v) is 18.8. The second-order valence-corrected chi connectivity index (χ2v) is 10.2. The van der Waals surface area contributed by atoms with Gasteiger partial charge in [0.1, 0.15) is 0 Å². The van der Waals surface area contributed by atoms with Crippen LogP contribution in [0.25, 0.3) is 0 Å². The number of rotatable bonds is 14. The highest BCUT2D eigenvalue weighted by Gasteiger charge is 2.26. The first kappa shape index (κ1) is 24.9. The maximum atomic E-state index is 12.0. The molecule has 162 valence electrons. The summed E-state index contributed by atoms with van der Waals surface area (Å²) in [5.74, 6) is 0. The van der Waals surface area contributed by atoms with Gasteiger partial charge < -0.3 is 14.7 Å². The molecule has 0 aliphatic rings. The molecule has 0 aliphatic heterocycles. The Hall–Kier alpha value is -1.12. The van der Waals surface area contributed by atoms with Crippen LogP contribution in [0.1, 0.15) is 46.0 Å². The quantitative estimate of drug-likeness (QED) is 0.304. The summed E-state index contributed by atoms with van der Waals surface area (Å²) in [4.78, 5) is 21.7. The minimum atomic E-state index is -4.49. The van der Waals surface area contributed by atoms with Crippen LogP contribution in [0.3, 0.4) is 0 Å². The predicted octanol–water partition coefficient (Wildman–Crippen LogP) is 3.25. The average Bonchev–Trinajstić information content (AvgIpc) is 2.59. The van der Waals surface area contributed by atoms with Crippen molar-refractivity contribution in [2.24, 2.45) is 0 Å². The molecule has 10 heteroatoms. The van der Waals surface area contributed by atoms with Crippen molar-refractivity contribution in [2.75, 3.05) is 41.8 Å². The standard InChI is InChI=1S/C18H34N3O5PS/c1-4-6-7-8-9-14-20(5-2)15-16-21(27(22,23)24)18-12-10-17(11-13-18)19-28(3,25)26/h10-13,19H,4-9,14-16H2,1-3H3,(H2,22,23,24). The summed E-state index contributed by atoms with van der Waals surface area (Å²) in [5.41, 5.74) is 0.700. The molecule has 0 aromatic heterocycles. The van der Waals surface area contributed by atoms with Gasteiger partial charge in [-0.15, -0.1) is 0 Å². The SMILES string of the molecule is CCCCCCCN(CC)CCN(c1ccc(NS(C)(=O)=O)cc1)P(=O)(O)O. The Morgan fingerprint density at radius 1 is 0.964 bits per heavy atom. The molecule has 0 unspecified atom stereocenters. The number of unbranched alkanes of at least 4 members (excludes halogenated alkanes) is 4. The first-order valence-corrected chi connectivity index (χ1v) is 13.2. The van der Waals surface area contributed by atoms with Crippen LogP contribution in [0.4, 0.5) is 11.4 Å². The molecule has 28 heavy (non-hydrogen) atoms. The maximum absolute atomic E-state index is 12.0. The van der Waals surface area contributed by atoms with E-state index in [9.17, 15) is 22.8 Å². The lowest BCUT2D eigenvalue weighted by Crippen LogP contribution is -2.34. The molecular weight excluding hydrogens is 401 g/mol. The Bertz CT molecular complexity index is 721. The van der Waals surface area contributed by atoms with Crippen LogP contribution in [0.5, 0.6) is 0 Å². The van der Waals surface area contributed by atoms with E-state index in [4.69, 9.17) is 0 Å². The van der Waals surface area contributed by atoms with Crippen LogP contribution < -0.4 is 9.39 Å². The van der Waals surface area contributed by atoms with Crippen molar-refractivity contribution in [1.82, 2.24) is 4.90 Å². The Morgan fingerprint density at radius 2 is 1.57 bits per heavy atom. The van der Waals surface area contributed by atoms with Gasteiger partial charge in [0.15, 0.2) is 0 Å². The maximum Gasteiger partial charge on any atom is 0.430 e. The van der Waals surface area contributed by atoms with Gasteiger partial charge in [0, 0.05) is 24.5 Å². The van der Waals surface area contributed by atoms with Gasteiger partial charge in [-0.25, -0.2) is 13.0 Å². The molecule has 0 atom stereocenters. The highest BCUT2D eigenvalue weighted by molar-refractivity contribution is 7.92. The fraction of sp³-hybridized carbons (Fsp3) is 0.667. The van der Waals surface area contributed by atoms with Gasteiger partial charge in [-0.3, -0.25) is 9.39 Å². The topological polar surface area (TPSA) is 110 Å². The van der Waals surface area contributed by atoms with Gasteiger partial charge in [-0.05, 0) is 43.8 Å². The van der Waals surface area contributed by atoms with E-state index in [0.29, 0.717) is 17.9 Å². The smallest absolute Gasteiger partial charge is 0.308 e. The molecule has 1 aromatic rings. The van der Waals surface area contributed by atoms with Gasteiger partial charge in [0.2, 0.25) is 10.0 Å². The molecule has 0 heterocycles. The third kappa shape index (κ3) is 9.89. The normalized spacial score (nSPS) is 12.4. The third-order valence-corrected chi connectivity index (χ3v) is 6.10. The molecule has 0 saturated heterocycles. The Morgan fingerprint density at radius 3 is 2.07 bits per heavy atom. The summed E-state index contributed by atoms with van der Waals surface area (Å²) in [7, 11) is -7.90. The third-order valence-electron chi connectivity index (χ3n) is 4.44. The second kappa shape index (κ2) is 11.8. The number of sulfonamides is 1. The Kier molecular flexibility index (Phi) is 10.5. The molecule has 0 amide bonds. The van der Waals surface area contributed by atoms with Crippen molar-refractivity contribution in [3.8, 4) is 0 Å². The summed E-state index contributed by atoms with van der Waals surface area (Å²) in [5, 5.41) is 0. The van der Waals surface area contributed by atoms with E-state index < -0.39 is 17.8 Å². The van der Waals surface area contributed by atoms with Crippen molar-refractivity contribution in [3.05, 3.63) is 24.3 Å². The minimum Gasteiger partial charge on any atom is -0.308 e. The second-order valence-electron chi connectivity index (χ2n) is 6.91. The average molecular weight is 436 g/mol. The van der Waals surface area contributed by atoms with E-state index in [-0.39, 0.29) is 6.54 Å². The van der Waals surface area contributed by atoms with Crippen molar-refractivity contribution in [2.45, 2.75) is 46.0 Å². The van der Waals surface area contributed by atoms with E-state index >= 15 is 0 Å². The molecule has 0 radical (unpaired) electrons. The molecule has 3 N–H and O–H groups in total. The van der Waals surface area contributed by atoms with Crippen LogP contribution in [-0.2, 0) is 14.6 Å². The van der Waals surface area contributed by atoms with Crippen LogP contribution >= 0.6 is 7.75 Å². The van der Waals surface area contributed by atoms with E-state index in [1.807, 2.05) is 6.92 Å². The lowest BCUT2D eigenvalue weighted by atomic mass is 10.1. The molecule has 1 rings (SSSR count). The van der Waals surface area contributed by atoms with Gasteiger partial charge >= 0.3 is 7.75 Å². The summed E-state index contributed by atoms with van der Waals surface area (Å²) in [6, 6.07) is 6.00. The van der Waals surface area contributed by atoms with Crippen LogP contribution in [0.15, 0.2) is 24.3 Å². The van der Waals surface area contributed by atoms with Crippen molar-refractivity contribution in [1.29, 1.82) is 0 Å². The van der Waals surface area contributed by atoms with Crippen molar-refractivity contribution in [3.63, 3.8) is 0 Å². The Balaban J connectivity index is 2.71. The molecule has 0 spiro atoms. The monoisotopic (exact) mass is 435 g/mol. The van der Waals surface area contributed by atoms with Crippen LogP contribution in [-0.4, -0.2) is 55.5 Å². The summed E-state index contributed by atoms with van der Waals surface area (Å²) in [6.07, 6.45) is 6.95. The van der Waals surface area contributed by atoms with Crippen molar-refractivity contribution >= 4 is 29.1 Å². The Labute approximate surface area is 169 Å². The van der Waals surface area contributed by atoms with Gasteiger partial charge in [0.25, 0.3) is 0 Å². The van der Waals surface area contributed by atoms with Crippen LogP contribution in [0, 0.1) is 0 Å². The van der Waals surface area contributed by atoms with Gasteiger partial charge in [0.05, 0.1) is 6.26 Å². The number of nitrogens with zero attached hydrogens (tertiary/aromatic N) is 2. The van der Waals surface area contributed by atoms with Crippen molar-refractivity contribution < 1.29 is 22.8 Å². The minimum absolute atomic E-state index is 0.186. The van der Waals surface area contributed by atoms with Gasteiger partial charge in [-0.1, -0.05) is 39.5 Å². The molecule has 0 fully saturated rings. The zero-order valence-electron chi connectivity index (χ0n) is 17.0. The highest BCUT2D eigenvalue weighted by Crippen LogP contribution is 2.43. The number of hydrogen-bond acceptors (Lipinski definition) is 4. The summed E-state index contributed by atoms with van der Waals surface area (Å²) in [6.45, 7) is 6.68. The van der Waals surface area contributed by atoms with E-state index in [1.54, 1.807) is 0 Å². The largest absolute Gasteiger partial charge is 0.430 e. The zero-order chi connectivity index (χ0) is 21.2. The lowest BCUT2D eigenvalue weighted by molar-refractivity contribution is 0.284. The number of nitrogens with one attached hydrogen (secondary N) is 1. The van der Waals surface area contributed by atoms with E-state index in [1.165, 1.54) is 49.9 Å². The number of likely N-dealkylation sites (N-methyl/N-ethyl adjacent to an activating group) is 1. The fourth-order valence-corrected chi connectivity index (χ4v) is 4.28. The summed E-state index contributed by atoms with van der Waals surface area (Å²) >= 11 is 0. The number of benzene rings is 1. The molecule has 0 saturated carbocycles. The number of anilines is 2. The molecule has 0 aliphatic carbocycles. The van der Waals surface area contributed by atoms with Gasteiger partial charge in [-0.2, -0.15) is 0 Å². The predicted molar refractivity (Wildman–Crippen MR) is 115 cm³/mol. The summed E-state index contributed by atoms with van der Waals surface area (Å²) < 4.78 is 37.9. The molecule has 0 bridgehead atoms. The molecule has 8 nitrogen and oxygen atoms in total. The van der Waals surface area contributed by atoms with E-state index in [2.05, 4.69) is 16.5 Å². The van der Waals surface area contributed by atoms with E-state index in [0.717, 1.165) is 30.4 Å². The highest BCUT2D eigenvalue weighted by atomic mass is 32.2.